The zero-order valence-corrected chi connectivity index (χ0v) is 7.60. The van der Waals surface area contributed by atoms with Crippen molar-refractivity contribution in [3.8, 4) is 0 Å². The molecule has 0 amide bonds. The molecule has 0 aliphatic heterocycles. The van der Waals surface area contributed by atoms with Crippen molar-refractivity contribution in [2.45, 2.75) is 37.6 Å². The van der Waals surface area contributed by atoms with Crippen LogP contribution in [-0.2, 0) is 4.74 Å². The van der Waals surface area contributed by atoms with Gasteiger partial charge in [-0.3, -0.25) is 0 Å². The summed E-state index contributed by atoms with van der Waals surface area (Å²) in [5.74, 6) is 0.0646. The quantitative estimate of drug-likeness (QED) is 0.479. The summed E-state index contributed by atoms with van der Waals surface area (Å²) in [6.07, 6.45) is -0.0787. The van der Waals surface area contributed by atoms with Gasteiger partial charge in [0.2, 0.25) is 0 Å². The van der Waals surface area contributed by atoms with Crippen LogP contribution in [0, 0.1) is 5.92 Å². The first kappa shape index (κ1) is 9.92. The van der Waals surface area contributed by atoms with E-state index < -0.39 is 6.10 Å². The van der Waals surface area contributed by atoms with Gasteiger partial charge in [-0.25, -0.2) is 0 Å². The van der Waals surface area contributed by atoms with E-state index >= 15 is 0 Å². The van der Waals surface area contributed by atoms with Crippen molar-refractivity contribution in [2.75, 3.05) is 7.11 Å². The third-order valence-electron chi connectivity index (χ3n) is 2.79. The normalized spacial score (nSPS) is 49.2. The lowest BCUT2D eigenvalue weighted by molar-refractivity contribution is -0.0776. The Morgan fingerprint density at radius 1 is 1.33 bits per heavy atom. The maximum atomic E-state index is 9.69. The van der Waals surface area contributed by atoms with Crippen LogP contribution in [0.3, 0.4) is 0 Å². The molecule has 1 aliphatic carbocycles. The molecular weight excluding hydrogens is 156 g/mol. The number of methoxy groups -OCH3 is 1. The highest BCUT2D eigenvalue weighted by Gasteiger charge is 2.38. The summed E-state index contributed by atoms with van der Waals surface area (Å²) in [5.41, 5.74) is 11.5. The van der Waals surface area contributed by atoms with E-state index in [1.54, 1.807) is 7.11 Å². The van der Waals surface area contributed by atoms with Crippen LogP contribution in [0.4, 0.5) is 0 Å². The van der Waals surface area contributed by atoms with Gasteiger partial charge in [-0.1, -0.05) is 6.92 Å². The number of aliphatic hydroxyl groups is 1. The third kappa shape index (κ3) is 1.61. The molecule has 0 heterocycles. The Kier molecular flexibility index (Phi) is 3.06. The van der Waals surface area contributed by atoms with Crippen LogP contribution < -0.4 is 11.5 Å². The van der Waals surface area contributed by atoms with Gasteiger partial charge in [0.25, 0.3) is 0 Å². The summed E-state index contributed by atoms with van der Waals surface area (Å²) >= 11 is 0. The fourth-order valence-corrected chi connectivity index (χ4v) is 1.78. The molecule has 5 N–H and O–H groups in total. The van der Waals surface area contributed by atoms with Crippen molar-refractivity contribution in [1.29, 1.82) is 0 Å². The number of hydrogen-bond acceptors (Lipinski definition) is 4. The lowest BCUT2D eigenvalue weighted by atomic mass is 9.79. The molecule has 0 aromatic carbocycles. The fourth-order valence-electron chi connectivity index (χ4n) is 1.78. The van der Waals surface area contributed by atoms with E-state index in [0.29, 0.717) is 0 Å². The second-order valence-corrected chi connectivity index (χ2v) is 3.61. The van der Waals surface area contributed by atoms with Gasteiger partial charge in [0.05, 0.1) is 12.2 Å². The maximum Gasteiger partial charge on any atom is 0.0984 e. The first-order valence-electron chi connectivity index (χ1n) is 4.30. The second kappa shape index (κ2) is 3.70. The molecular formula is C8H18N2O2. The lowest BCUT2D eigenvalue weighted by Gasteiger charge is -2.40. The summed E-state index contributed by atoms with van der Waals surface area (Å²) in [4.78, 5) is 0. The van der Waals surface area contributed by atoms with Crippen LogP contribution in [0.5, 0.6) is 0 Å². The van der Waals surface area contributed by atoms with Crippen molar-refractivity contribution in [3.63, 3.8) is 0 Å². The highest BCUT2D eigenvalue weighted by molar-refractivity contribution is 4.95. The molecule has 1 fully saturated rings. The predicted molar refractivity (Wildman–Crippen MR) is 46.5 cm³/mol. The van der Waals surface area contributed by atoms with Crippen LogP contribution in [0.1, 0.15) is 13.3 Å². The van der Waals surface area contributed by atoms with E-state index in [1.807, 2.05) is 6.92 Å². The highest BCUT2D eigenvalue weighted by Crippen LogP contribution is 2.24. The molecule has 0 radical (unpaired) electrons. The topological polar surface area (TPSA) is 81.5 Å². The predicted octanol–water partition coefficient (Wildman–Crippen LogP) is -0.943. The van der Waals surface area contributed by atoms with Gasteiger partial charge in [0, 0.05) is 19.2 Å². The molecule has 4 heteroatoms. The standard InChI is InChI=1S/C8H18N2O2/c1-4-5(9)3-6(10)8(12-2)7(4)11/h4-8,11H,3,9-10H2,1-2H3/t4-,5+,6-,7+,8+/m0/s1. The number of nitrogens with two attached hydrogens (primary N) is 2. The average Bonchev–Trinajstić information content (AvgIpc) is 2.01. The molecule has 0 aromatic heterocycles. The molecule has 1 rings (SSSR count). The maximum absolute atomic E-state index is 9.69. The molecule has 4 nitrogen and oxygen atoms in total. The number of rotatable bonds is 1. The largest absolute Gasteiger partial charge is 0.390 e. The summed E-state index contributed by atoms with van der Waals surface area (Å²) in [6.45, 7) is 1.92. The summed E-state index contributed by atoms with van der Waals surface area (Å²) in [5, 5.41) is 9.69. The Hall–Kier alpha value is -0.160. The molecule has 1 aliphatic rings. The second-order valence-electron chi connectivity index (χ2n) is 3.61. The molecule has 1 saturated carbocycles. The smallest absolute Gasteiger partial charge is 0.0984 e. The van der Waals surface area contributed by atoms with Crippen LogP contribution in [0.15, 0.2) is 0 Å². The number of hydrogen-bond donors (Lipinski definition) is 3. The third-order valence-corrected chi connectivity index (χ3v) is 2.79. The molecule has 5 atom stereocenters. The minimum Gasteiger partial charge on any atom is -0.390 e. The first-order chi connectivity index (χ1) is 5.57. The van der Waals surface area contributed by atoms with Gasteiger partial charge in [0.15, 0.2) is 0 Å². The monoisotopic (exact) mass is 174 g/mol. The zero-order chi connectivity index (χ0) is 9.30. The molecule has 12 heavy (non-hydrogen) atoms. The summed E-state index contributed by atoms with van der Waals surface area (Å²) in [6, 6.07) is -0.155. The van der Waals surface area contributed by atoms with Gasteiger partial charge in [0.1, 0.15) is 0 Å². The van der Waals surface area contributed by atoms with Gasteiger partial charge < -0.3 is 21.3 Å². The van der Waals surface area contributed by atoms with E-state index in [2.05, 4.69) is 0 Å². The lowest BCUT2D eigenvalue weighted by Crippen LogP contribution is -2.58. The Morgan fingerprint density at radius 2 is 1.92 bits per heavy atom. The van der Waals surface area contributed by atoms with Crippen LogP contribution >= 0.6 is 0 Å². The first-order valence-corrected chi connectivity index (χ1v) is 4.30. The Labute approximate surface area is 72.9 Å². The van der Waals surface area contributed by atoms with Crippen molar-refractivity contribution in [3.05, 3.63) is 0 Å². The molecule has 72 valence electrons. The molecule has 0 unspecified atom stereocenters. The van der Waals surface area contributed by atoms with Crippen molar-refractivity contribution < 1.29 is 9.84 Å². The van der Waals surface area contributed by atoms with Crippen molar-refractivity contribution >= 4 is 0 Å². The molecule has 0 aromatic rings. The van der Waals surface area contributed by atoms with E-state index in [-0.39, 0.29) is 24.1 Å². The minimum atomic E-state index is -0.534. The number of ether oxygens (including phenoxy) is 1. The Bertz CT molecular complexity index is 154. The summed E-state index contributed by atoms with van der Waals surface area (Å²) in [7, 11) is 1.57. The zero-order valence-electron chi connectivity index (χ0n) is 7.60. The molecule has 0 bridgehead atoms. The van der Waals surface area contributed by atoms with Crippen LogP contribution in [0.2, 0.25) is 0 Å². The highest BCUT2D eigenvalue weighted by atomic mass is 16.5. The van der Waals surface area contributed by atoms with E-state index in [9.17, 15) is 5.11 Å². The Balaban J connectivity index is 2.65. The van der Waals surface area contributed by atoms with Gasteiger partial charge >= 0.3 is 0 Å². The Morgan fingerprint density at radius 3 is 2.42 bits per heavy atom. The van der Waals surface area contributed by atoms with Gasteiger partial charge in [-0.15, -0.1) is 0 Å². The fraction of sp³-hybridized carbons (Fsp3) is 1.00. The van der Waals surface area contributed by atoms with Gasteiger partial charge in [-0.05, 0) is 12.3 Å². The SMILES string of the molecule is CO[C@H]1[C@H](O)[C@@H](C)[C@H](N)C[C@@H]1N. The van der Waals surface area contributed by atoms with Crippen molar-refractivity contribution in [1.82, 2.24) is 0 Å². The van der Waals surface area contributed by atoms with E-state index in [4.69, 9.17) is 16.2 Å². The average molecular weight is 174 g/mol. The minimum absolute atomic E-state index is 0.0126. The van der Waals surface area contributed by atoms with Crippen molar-refractivity contribution in [2.24, 2.45) is 17.4 Å². The summed E-state index contributed by atoms with van der Waals surface area (Å²) < 4.78 is 5.10. The van der Waals surface area contributed by atoms with E-state index in [1.165, 1.54) is 0 Å². The van der Waals surface area contributed by atoms with Crippen LogP contribution in [-0.4, -0.2) is 36.5 Å². The number of aliphatic hydroxyl groups excluding tert-OH is 1. The van der Waals surface area contributed by atoms with Gasteiger partial charge in [-0.2, -0.15) is 0 Å². The molecule has 0 saturated heterocycles. The van der Waals surface area contributed by atoms with E-state index in [0.717, 1.165) is 6.42 Å². The molecule has 0 spiro atoms. The van der Waals surface area contributed by atoms with Crippen LogP contribution in [0.25, 0.3) is 0 Å².